The van der Waals surface area contributed by atoms with Gasteiger partial charge in [-0.1, -0.05) is 80.9 Å². The number of imidazole rings is 1. The number of anilines is 2. The molecule has 1 unspecified atom stereocenters. The van der Waals surface area contributed by atoms with Crippen molar-refractivity contribution in [2.45, 2.75) is 32.9 Å². The van der Waals surface area contributed by atoms with Gasteiger partial charge >= 0.3 is 5.69 Å². The standard InChI is InChI=1S/C30H30ClN5O5/c1-29(2,3)26(39)30(27(40)34-20-12-8-5-9-13-20,19-14-21(25(33)38)24(31)22(32)15-19)36-23(37)17-35(28(36)41)16-18-10-6-4-7-11-18/h4-15,17,37H,16,32H2,1-3H3,(H2,33,38)(H,34,40). The highest BCUT2D eigenvalue weighted by Crippen LogP contribution is 2.40. The van der Waals surface area contributed by atoms with E-state index in [2.05, 4.69) is 5.32 Å². The third-order valence-electron chi connectivity index (χ3n) is 6.62. The monoisotopic (exact) mass is 575 g/mol. The maximum atomic E-state index is 14.5. The number of nitrogen functional groups attached to an aromatic ring is 1. The largest absolute Gasteiger partial charge is 0.493 e. The van der Waals surface area contributed by atoms with Crippen LogP contribution < -0.4 is 22.5 Å². The highest BCUT2D eigenvalue weighted by Gasteiger charge is 2.55. The molecule has 0 bridgehead atoms. The number of hydrogen-bond donors (Lipinski definition) is 4. The minimum atomic E-state index is -2.56. The molecule has 0 aliphatic rings. The van der Waals surface area contributed by atoms with Gasteiger partial charge in [0.2, 0.25) is 17.3 Å². The van der Waals surface area contributed by atoms with Gasteiger partial charge < -0.3 is 21.9 Å². The summed E-state index contributed by atoms with van der Waals surface area (Å²) in [5.41, 5.74) is 7.47. The predicted molar refractivity (Wildman–Crippen MR) is 157 cm³/mol. The number of halogens is 1. The number of amides is 2. The van der Waals surface area contributed by atoms with Crippen molar-refractivity contribution in [3.8, 4) is 5.88 Å². The number of carbonyl (C=O) groups is 3. The van der Waals surface area contributed by atoms with E-state index in [-0.39, 0.29) is 28.4 Å². The third kappa shape index (κ3) is 5.33. The second-order valence-electron chi connectivity index (χ2n) is 10.6. The Kier molecular flexibility index (Phi) is 7.81. The van der Waals surface area contributed by atoms with E-state index in [4.69, 9.17) is 23.1 Å². The lowest BCUT2D eigenvalue weighted by Crippen LogP contribution is -2.59. The zero-order chi connectivity index (χ0) is 30.1. The molecule has 0 saturated carbocycles. The Balaban J connectivity index is 2.11. The van der Waals surface area contributed by atoms with Crippen LogP contribution >= 0.6 is 11.6 Å². The van der Waals surface area contributed by atoms with Crippen molar-refractivity contribution < 1.29 is 19.5 Å². The Morgan fingerprint density at radius 1 is 0.976 bits per heavy atom. The van der Waals surface area contributed by atoms with E-state index in [1.807, 2.05) is 6.07 Å². The van der Waals surface area contributed by atoms with Crippen molar-refractivity contribution in [3.63, 3.8) is 0 Å². The van der Waals surface area contributed by atoms with Gasteiger partial charge in [-0.15, -0.1) is 0 Å². The molecule has 1 heterocycles. The number of nitrogens with two attached hydrogens (primary N) is 2. The lowest BCUT2D eigenvalue weighted by atomic mass is 9.72. The van der Waals surface area contributed by atoms with Crippen LogP contribution in [-0.2, 0) is 21.7 Å². The van der Waals surface area contributed by atoms with Crippen LogP contribution in [0.15, 0.2) is 83.8 Å². The molecule has 1 atom stereocenters. The maximum absolute atomic E-state index is 14.5. The van der Waals surface area contributed by atoms with E-state index in [0.717, 1.165) is 22.4 Å². The van der Waals surface area contributed by atoms with Gasteiger partial charge in [-0.05, 0) is 35.4 Å². The van der Waals surface area contributed by atoms with Crippen LogP contribution in [0.25, 0.3) is 0 Å². The molecule has 4 rings (SSSR count). The lowest BCUT2D eigenvalue weighted by Gasteiger charge is -2.37. The van der Waals surface area contributed by atoms with Gasteiger partial charge in [0.1, 0.15) is 0 Å². The van der Waals surface area contributed by atoms with Crippen LogP contribution in [0.1, 0.15) is 42.3 Å². The summed E-state index contributed by atoms with van der Waals surface area (Å²) in [4.78, 5) is 55.4. The summed E-state index contributed by atoms with van der Waals surface area (Å²) in [7, 11) is 0. The highest BCUT2D eigenvalue weighted by atomic mass is 35.5. The molecule has 1 aromatic heterocycles. The number of para-hydroxylation sites is 1. The lowest BCUT2D eigenvalue weighted by molar-refractivity contribution is -0.141. The predicted octanol–water partition coefficient (Wildman–Crippen LogP) is 3.74. The normalized spacial score (nSPS) is 12.9. The van der Waals surface area contributed by atoms with Gasteiger partial charge in [-0.25, -0.2) is 9.36 Å². The van der Waals surface area contributed by atoms with Crippen molar-refractivity contribution in [1.29, 1.82) is 0 Å². The first kappa shape index (κ1) is 29.2. The molecular formula is C30H30ClN5O5. The number of Topliss-reactive ketones (excluding diaryl/α,β-unsaturated/α-hetero) is 1. The minimum absolute atomic E-state index is 0.0373. The number of primary amides is 1. The van der Waals surface area contributed by atoms with Crippen LogP contribution in [-0.4, -0.2) is 31.8 Å². The Hall–Kier alpha value is -4.83. The second kappa shape index (κ2) is 11.0. The molecule has 3 aromatic carbocycles. The Morgan fingerprint density at radius 3 is 2.12 bits per heavy atom. The van der Waals surface area contributed by atoms with E-state index in [0.29, 0.717) is 5.69 Å². The van der Waals surface area contributed by atoms with Crippen LogP contribution in [0.3, 0.4) is 0 Å². The molecule has 0 fully saturated rings. The molecule has 0 radical (unpaired) electrons. The van der Waals surface area contributed by atoms with Crippen molar-refractivity contribution in [2.75, 3.05) is 11.1 Å². The second-order valence-corrected chi connectivity index (χ2v) is 11.0. The fourth-order valence-electron chi connectivity index (χ4n) is 4.71. The van der Waals surface area contributed by atoms with Crippen molar-refractivity contribution >= 4 is 40.6 Å². The number of carbonyl (C=O) groups excluding carboxylic acids is 3. The number of aromatic hydroxyl groups is 1. The molecule has 2 amide bonds. The molecule has 6 N–H and O–H groups in total. The smallest absolute Gasteiger partial charge is 0.333 e. The number of aromatic nitrogens is 2. The number of nitrogens with zero attached hydrogens (tertiary/aromatic N) is 2. The van der Waals surface area contributed by atoms with Crippen molar-refractivity contribution in [3.05, 3.63) is 111 Å². The average Bonchev–Trinajstić information content (AvgIpc) is 3.19. The Morgan fingerprint density at radius 2 is 1.56 bits per heavy atom. The first-order valence-corrected chi connectivity index (χ1v) is 13.0. The summed E-state index contributed by atoms with van der Waals surface area (Å²) in [6.07, 6.45) is 1.14. The van der Waals surface area contributed by atoms with E-state index < -0.39 is 40.1 Å². The molecule has 0 spiro atoms. The summed E-state index contributed by atoms with van der Waals surface area (Å²) in [6.45, 7) is 4.74. The zero-order valence-electron chi connectivity index (χ0n) is 22.7. The molecule has 4 aromatic rings. The van der Waals surface area contributed by atoms with Gasteiger partial charge in [0, 0.05) is 11.1 Å². The summed E-state index contributed by atoms with van der Waals surface area (Å²) in [6, 6.07) is 19.6. The first-order chi connectivity index (χ1) is 19.3. The number of nitrogens with one attached hydrogen (secondary N) is 1. The van der Waals surface area contributed by atoms with Gasteiger partial charge in [0.05, 0.1) is 29.0 Å². The van der Waals surface area contributed by atoms with Crippen molar-refractivity contribution in [2.24, 2.45) is 11.1 Å². The van der Waals surface area contributed by atoms with Crippen LogP contribution in [0.4, 0.5) is 11.4 Å². The van der Waals surface area contributed by atoms with Gasteiger partial charge in [0.15, 0.2) is 5.78 Å². The van der Waals surface area contributed by atoms with E-state index in [1.165, 1.54) is 10.6 Å². The van der Waals surface area contributed by atoms with Gasteiger partial charge in [0.25, 0.3) is 5.91 Å². The third-order valence-corrected chi connectivity index (χ3v) is 7.04. The fourth-order valence-corrected chi connectivity index (χ4v) is 4.91. The van der Waals surface area contributed by atoms with Crippen LogP contribution in [0, 0.1) is 5.41 Å². The van der Waals surface area contributed by atoms with E-state index >= 15 is 0 Å². The minimum Gasteiger partial charge on any atom is -0.493 e. The van der Waals surface area contributed by atoms with E-state index in [9.17, 15) is 24.3 Å². The van der Waals surface area contributed by atoms with Gasteiger partial charge in [-0.2, -0.15) is 0 Å². The quantitative estimate of drug-likeness (QED) is 0.185. The topological polar surface area (TPSA) is 162 Å². The molecule has 10 nitrogen and oxygen atoms in total. The summed E-state index contributed by atoms with van der Waals surface area (Å²) >= 11 is 6.26. The Bertz CT molecular complexity index is 1690. The Labute approximate surface area is 241 Å². The zero-order valence-corrected chi connectivity index (χ0v) is 23.5. The number of ketones is 1. The summed E-state index contributed by atoms with van der Waals surface area (Å²) in [5, 5.41) is 13.8. The van der Waals surface area contributed by atoms with Gasteiger partial charge in [-0.3, -0.25) is 19.0 Å². The summed E-state index contributed by atoms with van der Waals surface area (Å²) < 4.78 is 1.90. The van der Waals surface area contributed by atoms with E-state index in [1.54, 1.807) is 75.4 Å². The number of rotatable bonds is 8. The molecule has 0 saturated heterocycles. The molecule has 0 aliphatic heterocycles. The summed E-state index contributed by atoms with van der Waals surface area (Å²) in [5.74, 6) is -3.38. The maximum Gasteiger partial charge on any atom is 0.333 e. The highest BCUT2D eigenvalue weighted by molar-refractivity contribution is 6.36. The molecular weight excluding hydrogens is 546 g/mol. The SMILES string of the molecule is CC(C)(C)C(=O)C(C(=O)Nc1ccccc1)(c1cc(N)c(Cl)c(C(N)=O)c1)n1c(O)cn(Cc2ccccc2)c1=O. The molecule has 212 valence electrons. The first-order valence-electron chi connectivity index (χ1n) is 12.6. The average molecular weight is 576 g/mol. The van der Waals surface area contributed by atoms with Crippen LogP contribution in [0.5, 0.6) is 5.88 Å². The fraction of sp³-hybridized carbons (Fsp3) is 0.200. The molecule has 11 heteroatoms. The number of benzene rings is 3. The molecule has 41 heavy (non-hydrogen) atoms. The van der Waals surface area contributed by atoms with Crippen LogP contribution in [0.2, 0.25) is 5.02 Å². The number of hydrogen-bond acceptors (Lipinski definition) is 6. The van der Waals surface area contributed by atoms with Crippen molar-refractivity contribution in [1.82, 2.24) is 9.13 Å². The molecule has 0 aliphatic carbocycles.